The summed E-state index contributed by atoms with van der Waals surface area (Å²) in [6, 6.07) is 6.45. The first-order valence-corrected chi connectivity index (χ1v) is 6.64. The average Bonchev–Trinajstić information content (AvgIpc) is 2.86. The molecule has 1 heterocycles. The van der Waals surface area contributed by atoms with Crippen LogP contribution in [0, 0.1) is 6.92 Å². The zero-order valence-electron chi connectivity index (χ0n) is 11.7. The van der Waals surface area contributed by atoms with Gasteiger partial charge in [-0.3, -0.25) is 4.79 Å². The highest BCUT2D eigenvalue weighted by atomic mass is 35.5. The number of amides is 1. The van der Waals surface area contributed by atoms with Crippen LogP contribution in [-0.4, -0.2) is 31.4 Å². The molecule has 0 bridgehead atoms. The van der Waals surface area contributed by atoms with E-state index >= 15 is 0 Å². The Bertz CT molecular complexity index is 627. The first kappa shape index (κ1) is 15.3. The number of halogens is 1. The van der Waals surface area contributed by atoms with Gasteiger partial charge in [0.2, 0.25) is 0 Å². The summed E-state index contributed by atoms with van der Waals surface area (Å²) >= 11 is 5.93. The lowest BCUT2D eigenvalue weighted by atomic mass is 10.2. The number of benzene rings is 1. The molecule has 112 valence electrons. The van der Waals surface area contributed by atoms with Gasteiger partial charge < -0.3 is 19.3 Å². The number of hydrogen-bond acceptors (Lipinski definition) is 5. The molecule has 1 aromatic carbocycles. The third-order valence-corrected chi connectivity index (χ3v) is 2.84. The predicted molar refractivity (Wildman–Crippen MR) is 78.0 cm³/mol. The van der Waals surface area contributed by atoms with E-state index in [0.29, 0.717) is 41.1 Å². The van der Waals surface area contributed by atoms with Crippen molar-refractivity contribution in [2.45, 2.75) is 6.92 Å². The van der Waals surface area contributed by atoms with Crippen molar-refractivity contribution in [3.63, 3.8) is 0 Å². The van der Waals surface area contributed by atoms with Crippen molar-refractivity contribution in [3.05, 3.63) is 40.6 Å². The maximum atomic E-state index is 12.3. The van der Waals surface area contributed by atoms with E-state index in [0.717, 1.165) is 0 Å². The summed E-state index contributed by atoms with van der Waals surface area (Å²) < 4.78 is 15.3. The molecular formula is C14H15ClN2O4. The van der Waals surface area contributed by atoms with Crippen LogP contribution in [0.25, 0.3) is 0 Å². The number of nitrogens with one attached hydrogen (secondary N) is 1. The van der Waals surface area contributed by atoms with Gasteiger partial charge in [0.15, 0.2) is 5.82 Å². The Labute approximate surface area is 127 Å². The SMILES string of the molecule is COCCOc1ccc(Cl)cc1C(=O)Nc1cc(C)on1. The van der Waals surface area contributed by atoms with Crippen molar-refractivity contribution in [1.82, 2.24) is 5.16 Å². The minimum atomic E-state index is -0.377. The second-order valence-electron chi connectivity index (χ2n) is 4.26. The third-order valence-electron chi connectivity index (χ3n) is 2.60. The van der Waals surface area contributed by atoms with Gasteiger partial charge >= 0.3 is 0 Å². The summed E-state index contributed by atoms with van der Waals surface area (Å²) in [5.74, 6) is 0.987. The van der Waals surface area contributed by atoms with E-state index in [4.69, 9.17) is 25.6 Å². The number of carbonyl (C=O) groups excluding carboxylic acids is 1. The summed E-state index contributed by atoms with van der Waals surface area (Å²) in [5.41, 5.74) is 0.319. The van der Waals surface area contributed by atoms with Gasteiger partial charge in [-0.25, -0.2) is 0 Å². The van der Waals surface area contributed by atoms with Crippen LogP contribution in [-0.2, 0) is 4.74 Å². The number of rotatable bonds is 6. The van der Waals surface area contributed by atoms with Crippen molar-refractivity contribution < 1.29 is 18.8 Å². The molecular weight excluding hydrogens is 296 g/mol. The smallest absolute Gasteiger partial charge is 0.260 e. The summed E-state index contributed by atoms with van der Waals surface area (Å²) in [4.78, 5) is 12.3. The average molecular weight is 311 g/mol. The molecule has 1 aromatic heterocycles. The van der Waals surface area contributed by atoms with Crippen LogP contribution in [0.1, 0.15) is 16.1 Å². The predicted octanol–water partition coefficient (Wildman–Crippen LogP) is 2.91. The molecule has 0 saturated heterocycles. The van der Waals surface area contributed by atoms with Gasteiger partial charge in [0.25, 0.3) is 5.91 Å². The Morgan fingerprint density at radius 1 is 1.38 bits per heavy atom. The molecule has 0 unspecified atom stereocenters. The van der Waals surface area contributed by atoms with Crippen LogP contribution in [0.5, 0.6) is 5.75 Å². The lowest BCUT2D eigenvalue weighted by molar-refractivity contribution is 0.101. The standard InChI is InChI=1S/C14H15ClN2O4/c1-9-7-13(17-21-9)16-14(18)11-8-10(15)3-4-12(11)20-6-5-19-2/h3-4,7-8H,5-6H2,1-2H3,(H,16,17,18). The lowest BCUT2D eigenvalue weighted by Crippen LogP contribution is -2.15. The van der Waals surface area contributed by atoms with Crippen molar-refractivity contribution in [1.29, 1.82) is 0 Å². The summed E-state index contributed by atoms with van der Waals surface area (Å²) in [6.07, 6.45) is 0. The van der Waals surface area contributed by atoms with E-state index in [-0.39, 0.29) is 5.91 Å². The zero-order chi connectivity index (χ0) is 15.2. The molecule has 0 saturated carbocycles. The fourth-order valence-electron chi connectivity index (χ4n) is 1.65. The molecule has 0 radical (unpaired) electrons. The number of hydrogen-bond donors (Lipinski definition) is 1. The Kier molecular flexibility index (Phi) is 5.19. The Morgan fingerprint density at radius 2 is 2.19 bits per heavy atom. The van der Waals surface area contributed by atoms with Crippen molar-refractivity contribution in [2.24, 2.45) is 0 Å². The number of aromatic nitrogens is 1. The fraction of sp³-hybridized carbons (Fsp3) is 0.286. The lowest BCUT2D eigenvalue weighted by Gasteiger charge is -2.11. The molecule has 2 rings (SSSR count). The van der Waals surface area contributed by atoms with Crippen LogP contribution in [0.4, 0.5) is 5.82 Å². The maximum absolute atomic E-state index is 12.3. The second kappa shape index (κ2) is 7.10. The van der Waals surface area contributed by atoms with Gasteiger partial charge in [0.1, 0.15) is 18.1 Å². The molecule has 0 spiro atoms. The highest BCUT2D eigenvalue weighted by Crippen LogP contribution is 2.24. The van der Waals surface area contributed by atoms with Gasteiger partial charge in [0.05, 0.1) is 12.2 Å². The molecule has 2 aromatic rings. The van der Waals surface area contributed by atoms with E-state index in [1.54, 1.807) is 32.2 Å². The van der Waals surface area contributed by atoms with E-state index in [9.17, 15) is 4.79 Å². The highest BCUT2D eigenvalue weighted by molar-refractivity contribution is 6.31. The molecule has 6 nitrogen and oxygen atoms in total. The van der Waals surface area contributed by atoms with Crippen LogP contribution in [0.15, 0.2) is 28.8 Å². The Morgan fingerprint density at radius 3 is 2.86 bits per heavy atom. The van der Waals surface area contributed by atoms with Crippen molar-refractivity contribution in [3.8, 4) is 5.75 Å². The molecule has 0 aliphatic rings. The fourth-order valence-corrected chi connectivity index (χ4v) is 1.82. The number of ether oxygens (including phenoxy) is 2. The highest BCUT2D eigenvalue weighted by Gasteiger charge is 2.15. The Balaban J connectivity index is 2.16. The van der Waals surface area contributed by atoms with Crippen LogP contribution in [0.3, 0.4) is 0 Å². The van der Waals surface area contributed by atoms with Gasteiger partial charge in [-0.1, -0.05) is 16.8 Å². The van der Waals surface area contributed by atoms with Gasteiger partial charge in [0, 0.05) is 18.2 Å². The normalized spacial score (nSPS) is 10.4. The molecule has 7 heteroatoms. The number of carbonyl (C=O) groups is 1. The topological polar surface area (TPSA) is 73.6 Å². The second-order valence-corrected chi connectivity index (χ2v) is 4.70. The van der Waals surface area contributed by atoms with E-state index < -0.39 is 0 Å². The van der Waals surface area contributed by atoms with Crippen molar-refractivity contribution >= 4 is 23.3 Å². The molecule has 1 amide bonds. The molecule has 1 N–H and O–H groups in total. The maximum Gasteiger partial charge on any atom is 0.260 e. The van der Waals surface area contributed by atoms with E-state index in [1.807, 2.05) is 0 Å². The minimum Gasteiger partial charge on any atom is -0.490 e. The Hall–Kier alpha value is -2.05. The number of nitrogens with zero attached hydrogens (tertiary/aromatic N) is 1. The van der Waals surface area contributed by atoms with Gasteiger partial charge in [-0.15, -0.1) is 0 Å². The van der Waals surface area contributed by atoms with E-state index in [2.05, 4.69) is 10.5 Å². The van der Waals surface area contributed by atoms with Crippen molar-refractivity contribution in [2.75, 3.05) is 25.6 Å². The van der Waals surface area contributed by atoms with Crippen LogP contribution in [0.2, 0.25) is 5.02 Å². The molecule has 0 atom stereocenters. The quantitative estimate of drug-likeness (QED) is 0.830. The summed E-state index contributed by atoms with van der Waals surface area (Å²) in [6.45, 7) is 2.50. The minimum absolute atomic E-state index is 0.319. The number of aryl methyl sites for hydroxylation is 1. The van der Waals surface area contributed by atoms with Gasteiger partial charge in [-0.05, 0) is 25.1 Å². The number of methoxy groups -OCH3 is 1. The molecule has 21 heavy (non-hydrogen) atoms. The van der Waals surface area contributed by atoms with E-state index in [1.165, 1.54) is 6.07 Å². The summed E-state index contributed by atoms with van der Waals surface area (Å²) in [5, 5.41) is 6.77. The summed E-state index contributed by atoms with van der Waals surface area (Å²) in [7, 11) is 1.58. The van der Waals surface area contributed by atoms with Crippen LogP contribution >= 0.6 is 11.6 Å². The first-order chi connectivity index (χ1) is 10.1. The van der Waals surface area contributed by atoms with Crippen LogP contribution < -0.4 is 10.1 Å². The van der Waals surface area contributed by atoms with Gasteiger partial charge in [-0.2, -0.15) is 0 Å². The monoisotopic (exact) mass is 310 g/mol. The third kappa shape index (κ3) is 4.21. The molecule has 0 aliphatic heterocycles. The first-order valence-electron chi connectivity index (χ1n) is 6.26. The largest absolute Gasteiger partial charge is 0.490 e. The molecule has 0 aliphatic carbocycles. The zero-order valence-corrected chi connectivity index (χ0v) is 12.4. The number of anilines is 1. The molecule has 0 fully saturated rings.